The molecule has 26 heavy (non-hydrogen) atoms. The largest absolute Gasteiger partial charge is 0.423 e. The van der Waals surface area contributed by atoms with Gasteiger partial charge >= 0.3 is 5.63 Å². The zero-order valence-electron chi connectivity index (χ0n) is 13.4. The fourth-order valence-electron chi connectivity index (χ4n) is 3.19. The third-order valence-corrected chi connectivity index (χ3v) is 6.14. The SMILES string of the molecule is O=c1ccc2cc(S(=O)(=O)N3CCCc4cc(F)cc(F)c43)ccc2o1. The first-order chi connectivity index (χ1) is 12.4. The average molecular weight is 377 g/mol. The summed E-state index contributed by atoms with van der Waals surface area (Å²) in [5, 5.41) is 0.433. The number of rotatable bonds is 2. The van der Waals surface area contributed by atoms with Gasteiger partial charge in [-0.3, -0.25) is 4.31 Å². The predicted octanol–water partition coefficient (Wildman–Crippen LogP) is 3.21. The standard InChI is InChI=1S/C18H13F2NO4S/c19-13-8-12-2-1-7-21(18(12)15(20)10-13)26(23,24)14-4-5-16-11(9-14)3-6-17(22)25-16/h3-6,8-10H,1-2,7H2. The van der Waals surface area contributed by atoms with Crippen LogP contribution in [0.4, 0.5) is 14.5 Å². The molecule has 0 bridgehead atoms. The van der Waals surface area contributed by atoms with Gasteiger partial charge in [-0.1, -0.05) is 0 Å². The molecule has 0 aliphatic carbocycles. The van der Waals surface area contributed by atoms with Crippen LogP contribution in [-0.4, -0.2) is 15.0 Å². The second-order valence-electron chi connectivity index (χ2n) is 6.03. The van der Waals surface area contributed by atoms with Crippen molar-refractivity contribution in [2.45, 2.75) is 17.7 Å². The Bertz CT molecular complexity index is 1190. The number of anilines is 1. The molecule has 0 saturated heterocycles. The van der Waals surface area contributed by atoms with Crippen molar-refractivity contribution in [2.24, 2.45) is 0 Å². The van der Waals surface area contributed by atoms with Crippen molar-refractivity contribution < 1.29 is 21.6 Å². The summed E-state index contributed by atoms with van der Waals surface area (Å²) >= 11 is 0. The molecule has 0 N–H and O–H groups in total. The summed E-state index contributed by atoms with van der Waals surface area (Å²) in [6.07, 6.45) is 0.858. The topological polar surface area (TPSA) is 67.6 Å². The van der Waals surface area contributed by atoms with Crippen LogP contribution in [0, 0.1) is 11.6 Å². The lowest BCUT2D eigenvalue weighted by Crippen LogP contribution is -2.36. The predicted molar refractivity (Wildman–Crippen MR) is 91.7 cm³/mol. The van der Waals surface area contributed by atoms with Crippen molar-refractivity contribution >= 4 is 26.7 Å². The summed E-state index contributed by atoms with van der Waals surface area (Å²) in [5.74, 6) is -1.64. The molecule has 0 spiro atoms. The van der Waals surface area contributed by atoms with E-state index in [4.69, 9.17) is 4.42 Å². The molecule has 3 aromatic rings. The van der Waals surface area contributed by atoms with E-state index in [0.29, 0.717) is 29.9 Å². The molecule has 0 saturated carbocycles. The Hall–Kier alpha value is -2.74. The average Bonchev–Trinajstić information content (AvgIpc) is 2.60. The van der Waals surface area contributed by atoms with Crippen molar-refractivity contribution in [2.75, 3.05) is 10.8 Å². The van der Waals surface area contributed by atoms with Crippen LogP contribution in [0.15, 0.2) is 56.6 Å². The van der Waals surface area contributed by atoms with Gasteiger partial charge in [0.15, 0.2) is 5.82 Å². The molecule has 1 aromatic heterocycles. The minimum absolute atomic E-state index is 0.0598. The van der Waals surface area contributed by atoms with Crippen LogP contribution in [0.25, 0.3) is 11.0 Å². The van der Waals surface area contributed by atoms with Gasteiger partial charge in [0.25, 0.3) is 10.0 Å². The Kier molecular flexibility index (Phi) is 3.80. The minimum atomic E-state index is -4.06. The highest BCUT2D eigenvalue weighted by molar-refractivity contribution is 7.92. The fraction of sp³-hybridized carbons (Fsp3) is 0.167. The van der Waals surface area contributed by atoms with Crippen LogP contribution in [0.2, 0.25) is 0 Å². The van der Waals surface area contributed by atoms with Gasteiger partial charge in [0.1, 0.15) is 11.4 Å². The number of sulfonamides is 1. The molecule has 8 heteroatoms. The van der Waals surface area contributed by atoms with Gasteiger partial charge in [0, 0.05) is 24.1 Å². The number of aryl methyl sites for hydroxylation is 1. The maximum atomic E-state index is 14.3. The summed E-state index contributed by atoms with van der Waals surface area (Å²) in [6.45, 7) is 0.0970. The number of nitrogens with zero attached hydrogens (tertiary/aromatic N) is 1. The third kappa shape index (κ3) is 2.66. The summed E-state index contributed by atoms with van der Waals surface area (Å²) in [6, 6.07) is 8.55. The van der Waals surface area contributed by atoms with Gasteiger partial charge in [-0.2, -0.15) is 0 Å². The first-order valence-corrected chi connectivity index (χ1v) is 9.35. The van der Waals surface area contributed by atoms with Crippen LogP contribution in [0.3, 0.4) is 0 Å². The van der Waals surface area contributed by atoms with Crippen LogP contribution in [0.5, 0.6) is 0 Å². The number of hydrogen-bond donors (Lipinski definition) is 0. The van der Waals surface area contributed by atoms with Crippen molar-refractivity contribution in [1.82, 2.24) is 0 Å². The second-order valence-corrected chi connectivity index (χ2v) is 7.89. The van der Waals surface area contributed by atoms with E-state index in [1.165, 1.54) is 30.3 Å². The van der Waals surface area contributed by atoms with Crippen LogP contribution >= 0.6 is 0 Å². The van der Waals surface area contributed by atoms with E-state index in [9.17, 15) is 22.0 Å². The molecule has 4 rings (SSSR count). The quantitative estimate of drug-likeness (QED) is 0.643. The van der Waals surface area contributed by atoms with E-state index < -0.39 is 27.3 Å². The van der Waals surface area contributed by atoms with E-state index in [0.717, 1.165) is 10.4 Å². The zero-order valence-corrected chi connectivity index (χ0v) is 14.2. The van der Waals surface area contributed by atoms with Crippen LogP contribution < -0.4 is 9.93 Å². The highest BCUT2D eigenvalue weighted by atomic mass is 32.2. The molecule has 2 aromatic carbocycles. The van der Waals surface area contributed by atoms with Crippen molar-refractivity contribution in [3.63, 3.8) is 0 Å². The summed E-state index contributed by atoms with van der Waals surface area (Å²) in [7, 11) is -4.06. The molecular formula is C18H13F2NO4S. The Morgan fingerprint density at radius 3 is 2.65 bits per heavy atom. The third-order valence-electron chi connectivity index (χ3n) is 4.34. The zero-order chi connectivity index (χ0) is 18.5. The molecule has 0 atom stereocenters. The van der Waals surface area contributed by atoms with Gasteiger partial charge in [0.05, 0.1) is 10.6 Å². The molecule has 0 radical (unpaired) electrons. The lowest BCUT2D eigenvalue weighted by Gasteiger charge is -2.30. The molecule has 134 valence electrons. The highest BCUT2D eigenvalue weighted by Crippen LogP contribution is 2.35. The molecule has 2 heterocycles. The maximum Gasteiger partial charge on any atom is 0.336 e. The number of halogens is 2. The highest BCUT2D eigenvalue weighted by Gasteiger charge is 2.32. The number of hydrogen-bond acceptors (Lipinski definition) is 4. The molecule has 0 unspecified atom stereocenters. The van der Waals surface area contributed by atoms with E-state index >= 15 is 0 Å². The van der Waals surface area contributed by atoms with E-state index in [-0.39, 0.29) is 22.7 Å². The monoisotopic (exact) mass is 377 g/mol. The molecule has 5 nitrogen and oxygen atoms in total. The Balaban J connectivity index is 1.86. The van der Waals surface area contributed by atoms with Crippen LogP contribution in [0.1, 0.15) is 12.0 Å². The second kappa shape index (κ2) is 5.91. The number of benzene rings is 2. The number of fused-ring (bicyclic) bond motifs is 2. The Labute approximate surface area is 147 Å². The van der Waals surface area contributed by atoms with Gasteiger partial charge in [-0.15, -0.1) is 0 Å². The molecular weight excluding hydrogens is 364 g/mol. The van der Waals surface area contributed by atoms with E-state index in [1.807, 2.05) is 0 Å². The molecule has 0 fully saturated rings. The fourth-order valence-corrected chi connectivity index (χ4v) is 4.78. The summed E-state index contributed by atoms with van der Waals surface area (Å²) < 4.78 is 59.9. The van der Waals surface area contributed by atoms with Crippen molar-refractivity contribution in [3.8, 4) is 0 Å². The minimum Gasteiger partial charge on any atom is -0.423 e. The summed E-state index contributed by atoms with van der Waals surface area (Å²) in [4.78, 5) is 11.2. The van der Waals surface area contributed by atoms with E-state index in [2.05, 4.69) is 0 Å². The smallest absolute Gasteiger partial charge is 0.336 e. The molecule has 0 amide bonds. The van der Waals surface area contributed by atoms with Gasteiger partial charge < -0.3 is 4.42 Å². The van der Waals surface area contributed by atoms with Crippen molar-refractivity contribution in [3.05, 3.63) is 70.1 Å². The lowest BCUT2D eigenvalue weighted by atomic mass is 10.0. The molecule has 1 aliphatic heterocycles. The first-order valence-electron chi connectivity index (χ1n) is 7.91. The van der Waals surface area contributed by atoms with Crippen LogP contribution in [-0.2, 0) is 16.4 Å². The normalized spacial score (nSPS) is 14.5. The summed E-state index contributed by atoms with van der Waals surface area (Å²) in [5.41, 5.74) is -0.0765. The Morgan fingerprint density at radius 2 is 1.85 bits per heavy atom. The van der Waals surface area contributed by atoms with Gasteiger partial charge in [0.2, 0.25) is 0 Å². The first kappa shape index (κ1) is 16.7. The maximum absolute atomic E-state index is 14.3. The van der Waals surface area contributed by atoms with E-state index in [1.54, 1.807) is 0 Å². The van der Waals surface area contributed by atoms with Crippen molar-refractivity contribution in [1.29, 1.82) is 0 Å². The van der Waals surface area contributed by atoms with Gasteiger partial charge in [-0.25, -0.2) is 22.0 Å². The Morgan fingerprint density at radius 1 is 1.04 bits per heavy atom. The lowest BCUT2D eigenvalue weighted by molar-refractivity contribution is 0.559. The van der Waals surface area contributed by atoms with Gasteiger partial charge in [-0.05, 0) is 48.7 Å². The molecule has 1 aliphatic rings.